The van der Waals surface area contributed by atoms with Crippen molar-refractivity contribution in [3.63, 3.8) is 0 Å². The fourth-order valence-corrected chi connectivity index (χ4v) is 6.49. The van der Waals surface area contributed by atoms with Gasteiger partial charge in [-0.3, -0.25) is 0 Å². The number of rotatable bonds is 14. The van der Waals surface area contributed by atoms with Gasteiger partial charge in [-0.15, -0.1) is 0 Å². The van der Waals surface area contributed by atoms with Crippen LogP contribution in [0.15, 0.2) is 72.8 Å². The van der Waals surface area contributed by atoms with Crippen LogP contribution in [0.1, 0.15) is 86.1 Å². The van der Waals surface area contributed by atoms with Crippen molar-refractivity contribution >= 4 is 9.04 Å². The van der Waals surface area contributed by atoms with E-state index in [1.54, 1.807) is 14.2 Å². The summed E-state index contributed by atoms with van der Waals surface area (Å²) in [6.45, 7) is 15.5. The molecule has 0 spiro atoms. The fourth-order valence-electron chi connectivity index (χ4n) is 5.38. The van der Waals surface area contributed by atoms with Gasteiger partial charge in [0.25, 0.3) is 0 Å². The SMILES string of the molecule is COc1ccc(COc2nc(OCc3ccc(OC)cc3)c(C(C)C)c(C(C#N)c3cccc(C(O[SiH](C)C)C(C)(C)C)c3)n2)cc1. The Balaban J connectivity index is 1.78. The Labute approximate surface area is 281 Å². The van der Waals surface area contributed by atoms with Crippen LogP contribution in [-0.2, 0) is 17.6 Å². The highest BCUT2D eigenvalue weighted by Crippen LogP contribution is 2.40. The van der Waals surface area contributed by atoms with Crippen LogP contribution in [0.3, 0.4) is 0 Å². The molecule has 1 aromatic heterocycles. The summed E-state index contributed by atoms with van der Waals surface area (Å²) in [6, 6.07) is 26.1. The lowest BCUT2D eigenvalue weighted by molar-refractivity contribution is 0.0865. The van der Waals surface area contributed by atoms with E-state index in [1.807, 2.05) is 60.7 Å². The minimum atomic E-state index is -1.35. The number of nitrogens with zero attached hydrogens (tertiary/aromatic N) is 3. The molecule has 9 heteroatoms. The van der Waals surface area contributed by atoms with E-state index < -0.39 is 15.0 Å². The third-order valence-corrected chi connectivity index (χ3v) is 8.52. The molecule has 0 saturated carbocycles. The molecule has 0 N–H and O–H groups in total. The highest BCUT2D eigenvalue weighted by Gasteiger charge is 2.31. The van der Waals surface area contributed by atoms with Gasteiger partial charge in [-0.1, -0.05) is 83.1 Å². The molecular weight excluding hydrogens is 607 g/mol. The van der Waals surface area contributed by atoms with Crippen molar-refractivity contribution < 1.29 is 23.4 Å². The maximum absolute atomic E-state index is 10.7. The van der Waals surface area contributed by atoms with E-state index in [4.69, 9.17) is 33.3 Å². The average molecular weight is 654 g/mol. The highest BCUT2D eigenvalue weighted by atomic mass is 28.3. The van der Waals surface area contributed by atoms with Crippen molar-refractivity contribution in [2.75, 3.05) is 14.2 Å². The molecule has 0 fully saturated rings. The molecule has 248 valence electrons. The molecule has 4 rings (SSSR count). The lowest BCUT2D eigenvalue weighted by Gasteiger charge is -2.33. The zero-order chi connectivity index (χ0) is 34.1. The van der Waals surface area contributed by atoms with Gasteiger partial charge in [0.05, 0.1) is 32.1 Å². The van der Waals surface area contributed by atoms with E-state index in [-0.39, 0.29) is 36.7 Å². The molecule has 0 aliphatic rings. The van der Waals surface area contributed by atoms with E-state index >= 15 is 0 Å². The molecule has 47 heavy (non-hydrogen) atoms. The van der Waals surface area contributed by atoms with Gasteiger partial charge in [-0.05, 0) is 70.9 Å². The Kier molecular flexibility index (Phi) is 12.0. The van der Waals surface area contributed by atoms with E-state index in [1.165, 1.54) is 0 Å². The minimum absolute atomic E-state index is 0.0388. The number of hydrogen-bond acceptors (Lipinski definition) is 8. The smallest absolute Gasteiger partial charge is 0.320 e. The van der Waals surface area contributed by atoms with Crippen LogP contribution in [0.2, 0.25) is 13.1 Å². The van der Waals surface area contributed by atoms with Gasteiger partial charge in [-0.25, -0.2) is 0 Å². The minimum Gasteiger partial charge on any atom is -0.497 e. The van der Waals surface area contributed by atoms with Gasteiger partial charge in [0.2, 0.25) is 5.88 Å². The Hall–Kier alpha value is -4.39. The lowest BCUT2D eigenvalue weighted by atomic mass is 9.83. The maximum atomic E-state index is 10.7. The Morgan fingerprint density at radius 3 is 1.83 bits per heavy atom. The van der Waals surface area contributed by atoms with E-state index in [2.05, 4.69) is 65.9 Å². The monoisotopic (exact) mass is 653 g/mol. The Bertz CT molecular complexity index is 1640. The average Bonchev–Trinajstić information content (AvgIpc) is 3.05. The summed E-state index contributed by atoms with van der Waals surface area (Å²) in [5, 5.41) is 10.7. The Morgan fingerprint density at radius 1 is 0.787 bits per heavy atom. The molecule has 0 amide bonds. The quantitative estimate of drug-likeness (QED) is 0.125. The summed E-state index contributed by atoms with van der Waals surface area (Å²) in [5.74, 6) is 1.19. The molecule has 8 nitrogen and oxygen atoms in total. The predicted octanol–water partition coefficient (Wildman–Crippen LogP) is 8.52. The van der Waals surface area contributed by atoms with Crippen molar-refractivity contribution in [3.05, 3.63) is 106 Å². The second-order valence-corrected chi connectivity index (χ2v) is 15.6. The molecule has 0 radical (unpaired) electrons. The van der Waals surface area contributed by atoms with E-state index in [9.17, 15) is 5.26 Å². The summed E-state index contributed by atoms with van der Waals surface area (Å²) in [4.78, 5) is 9.64. The van der Waals surface area contributed by atoms with Crippen LogP contribution in [0.4, 0.5) is 0 Å². The first-order chi connectivity index (χ1) is 22.4. The van der Waals surface area contributed by atoms with Crippen molar-refractivity contribution in [2.24, 2.45) is 5.41 Å². The summed E-state index contributed by atoms with van der Waals surface area (Å²) in [6.07, 6.45) is -0.102. The van der Waals surface area contributed by atoms with Crippen LogP contribution in [-0.4, -0.2) is 33.2 Å². The maximum Gasteiger partial charge on any atom is 0.320 e. The fraction of sp³-hybridized carbons (Fsp3) is 0.395. The first-order valence-corrected chi connectivity index (χ1v) is 18.8. The molecule has 2 unspecified atom stereocenters. The van der Waals surface area contributed by atoms with Gasteiger partial charge < -0.3 is 23.4 Å². The van der Waals surface area contributed by atoms with Crippen molar-refractivity contribution in [2.45, 2.75) is 78.9 Å². The first-order valence-electron chi connectivity index (χ1n) is 16.0. The van der Waals surface area contributed by atoms with E-state index in [0.717, 1.165) is 39.3 Å². The number of ether oxygens (including phenoxy) is 4. The number of nitriles is 1. The molecule has 0 aliphatic heterocycles. The summed E-state index contributed by atoms with van der Waals surface area (Å²) in [7, 11) is 1.92. The van der Waals surface area contributed by atoms with Crippen LogP contribution in [0.5, 0.6) is 23.4 Å². The van der Waals surface area contributed by atoms with E-state index in [0.29, 0.717) is 11.6 Å². The normalized spacial score (nSPS) is 12.8. The van der Waals surface area contributed by atoms with Gasteiger partial charge in [0, 0.05) is 5.56 Å². The molecule has 2 atom stereocenters. The molecule has 4 aromatic rings. The second kappa shape index (κ2) is 15.9. The molecule has 0 bridgehead atoms. The van der Waals surface area contributed by atoms with Crippen molar-refractivity contribution in [3.8, 4) is 29.5 Å². The van der Waals surface area contributed by atoms with Crippen molar-refractivity contribution in [1.29, 1.82) is 5.26 Å². The van der Waals surface area contributed by atoms with Crippen LogP contribution >= 0.6 is 0 Å². The van der Waals surface area contributed by atoms with Gasteiger partial charge in [0.15, 0.2) is 9.04 Å². The third kappa shape index (κ3) is 9.34. The van der Waals surface area contributed by atoms with Crippen LogP contribution in [0.25, 0.3) is 0 Å². The molecular formula is C38H47N3O5Si. The van der Waals surface area contributed by atoms with Crippen LogP contribution in [0, 0.1) is 16.7 Å². The predicted molar refractivity (Wildman–Crippen MR) is 187 cm³/mol. The largest absolute Gasteiger partial charge is 0.497 e. The molecule has 0 aliphatic carbocycles. The summed E-state index contributed by atoms with van der Waals surface area (Å²) in [5.41, 5.74) is 4.96. The number of hydrogen-bond donors (Lipinski definition) is 0. The lowest BCUT2D eigenvalue weighted by Crippen LogP contribution is -2.26. The number of aromatic nitrogens is 2. The zero-order valence-corrected chi connectivity index (χ0v) is 30.2. The van der Waals surface area contributed by atoms with Crippen LogP contribution < -0.4 is 18.9 Å². The summed E-state index contributed by atoms with van der Waals surface area (Å²) < 4.78 is 29.7. The number of methoxy groups -OCH3 is 2. The van der Waals surface area contributed by atoms with Gasteiger partial charge in [-0.2, -0.15) is 15.2 Å². The number of benzene rings is 3. The standard InChI is InChI=1S/C38H47N3O5Si/c1-25(2)33-34(32(22-39)28-11-10-12-29(21-28)35(38(3,4)5)46-47(8)9)40-37(45-24-27-15-19-31(43-7)20-16-27)41-36(33)44-23-26-13-17-30(42-6)18-14-26/h10-21,25,32,35,47H,23-24H2,1-9H3. The van der Waals surface area contributed by atoms with Gasteiger partial charge in [0.1, 0.15) is 30.6 Å². The van der Waals surface area contributed by atoms with Crippen molar-refractivity contribution in [1.82, 2.24) is 9.97 Å². The topological polar surface area (TPSA) is 95.7 Å². The first kappa shape index (κ1) is 35.5. The van der Waals surface area contributed by atoms with Gasteiger partial charge >= 0.3 is 6.01 Å². The highest BCUT2D eigenvalue weighted by molar-refractivity contribution is 6.48. The molecule has 0 saturated heterocycles. The summed E-state index contributed by atoms with van der Waals surface area (Å²) >= 11 is 0. The zero-order valence-electron chi connectivity index (χ0n) is 29.0. The molecule has 3 aromatic carbocycles. The second-order valence-electron chi connectivity index (χ2n) is 13.2. The molecule has 1 heterocycles. The third-order valence-electron chi connectivity index (χ3n) is 7.70. The Morgan fingerprint density at radius 2 is 1.34 bits per heavy atom.